The second-order valence-corrected chi connectivity index (χ2v) is 5.82. The van der Waals surface area contributed by atoms with Crippen molar-refractivity contribution in [3.05, 3.63) is 29.6 Å². The molecule has 1 aromatic rings. The second-order valence-electron chi connectivity index (χ2n) is 5.82. The van der Waals surface area contributed by atoms with E-state index in [4.69, 9.17) is 0 Å². The fraction of sp³-hybridized carbons (Fsp3) is 0.600. The molecule has 4 heteroatoms. The second kappa shape index (κ2) is 4.76. The topological polar surface area (TPSA) is 43.7 Å². The Balaban J connectivity index is 1.90. The minimum Gasteiger partial charge on any atom is -0.393 e. The molecule has 1 aliphatic heterocycles. The summed E-state index contributed by atoms with van der Waals surface area (Å²) in [7, 11) is 0. The Bertz CT molecular complexity index is 477. The molecule has 0 spiro atoms. The number of benzene rings is 1. The Morgan fingerprint density at radius 1 is 1.32 bits per heavy atom. The molecule has 4 atom stereocenters. The van der Waals surface area contributed by atoms with E-state index in [2.05, 4.69) is 4.90 Å². The highest BCUT2D eigenvalue weighted by Crippen LogP contribution is 2.41. The van der Waals surface area contributed by atoms with Crippen LogP contribution in [0.4, 0.5) is 10.1 Å². The van der Waals surface area contributed by atoms with E-state index in [9.17, 15) is 14.6 Å². The van der Waals surface area contributed by atoms with Crippen molar-refractivity contribution in [2.24, 2.45) is 11.8 Å². The molecule has 1 aliphatic carbocycles. The van der Waals surface area contributed by atoms with E-state index < -0.39 is 6.10 Å². The van der Waals surface area contributed by atoms with Crippen LogP contribution in [0.2, 0.25) is 0 Å². The molecule has 0 aromatic heterocycles. The van der Waals surface area contributed by atoms with Gasteiger partial charge in [0.1, 0.15) is 5.82 Å². The number of fused-ring (bicyclic) bond motifs is 1. The molecule has 2 aliphatic rings. The van der Waals surface area contributed by atoms with Crippen LogP contribution in [0.15, 0.2) is 18.2 Å². The third-order valence-corrected chi connectivity index (χ3v) is 4.61. The summed E-state index contributed by atoms with van der Waals surface area (Å²) in [6, 6.07) is 4.93. The summed E-state index contributed by atoms with van der Waals surface area (Å²) in [5, 5.41) is 19.7. The van der Waals surface area contributed by atoms with Crippen LogP contribution in [0.1, 0.15) is 31.4 Å². The summed E-state index contributed by atoms with van der Waals surface area (Å²) < 4.78 is 13.9. The van der Waals surface area contributed by atoms with Crippen LogP contribution < -0.4 is 4.90 Å². The maximum Gasteiger partial charge on any atom is 0.131 e. The molecule has 104 valence electrons. The van der Waals surface area contributed by atoms with Crippen molar-refractivity contribution in [1.29, 1.82) is 0 Å². The molecule has 0 amide bonds. The highest BCUT2D eigenvalue weighted by atomic mass is 19.1. The van der Waals surface area contributed by atoms with E-state index >= 15 is 0 Å². The SMILES string of the molecule is CC(O)c1c(F)cccc1N1CC2CCC(O)C2C1. The number of halogens is 1. The summed E-state index contributed by atoms with van der Waals surface area (Å²) in [6.45, 7) is 3.20. The zero-order valence-electron chi connectivity index (χ0n) is 11.1. The van der Waals surface area contributed by atoms with Gasteiger partial charge in [-0.15, -0.1) is 0 Å². The lowest BCUT2D eigenvalue weighted by Crippen LogP contribution is -2.25. The summed E-state index contributed by atoms with van der Waals surface area (Å²) in [5.74, 6) is 0.440. The average molecular weight is 265 g/mol. The van der Waals surface area contributed by atoms with Crippen molar-refractivity contribution in [2.45, 2.75) is 32.0 Å². The zero-order chi connectivity index (χ0) is 13.6. The predicted molar refractivity (Wildman–Crippen MR) is 71.5 cm³/mol. The first-order valence-electron chi connectivity index (χ1n) is 6.97. The molecule has 1 heterocycles. The largest absolute Gasteiger partial charge is 0.393 e. The molecule has 1 saturated carbocycles. The smallest absolute Gasteiger partial charge is 0.131 e. The van der Waals surface area contributed by atoms with Gasteiger partial charge in [0.25, 0.3) is 0 Å². The number of aliphatic hydroxyl groups is 2. The molecule has 4 unspecified atom stereocenters. The van der Waals surface area contributed by atoms with Crippen molar-refractivity contribution in [2.75, 3.05) is 18.0 Å². The third-order valence-electron chi connectivity index (χ3n) is 4.61. The van der Waals surface area contributed by atoms with Gasteiger partial charge in [-0.2, -0.15) is 0 Å². The highest BCUT2D eigenvalue weighted by Gasteiger charge is 2.42. The first-order chi connectivity index (χ1) is 9.08. The van der Waals surface area contributed by atoms with E-state index in [1.165, 1.54) is 6.07 Å². The van der Waals surface area contributed by atoms with Gasteiger partial charge < -0.3 is 15.1 Å². The number of nitrogens with zero attached hydrogens (tertiary/aromatic N) is 1. The molecule has 1 aromatic carbocycles. The van der Waals surface area contributed by atoms with Crippen molar-refractivity contribution < 1.29 is 14.6 Å². The standard InChI is InChI=1S/C15H20FNO2/c1-9(18)15-12(16)3-2-4-13(15)17-7-10-5-6-14(19)11(10)8-17/h2-4,9-11,14,18-19H,5-8H2,1H3. The number of aliphatic hydroxyl groups excluding tert-OH is 2. The van der Waals surface area contributed by atoms with Gasteiger partial charge in [0.05, 0.1) is 12.2 Å². The minimum atomic E-state index is -0.818. The summed E-state index contributed by atoms with van der Waals surface area (Å²) in [6.07, 6.45) is 0.886. The molecule has 2 fully saturated rings. The molecule has 3 nitrogen and oxygen atoms in total. The Hall–Kier alpha value is -1.13. The Morgan fingerprint density at radius 2 is 2.11 bits per heavy atom. The van der Waals surface area contributed by atoms with Gasteiger partial charge in [0, 0.05) is 30.3 Å². The van der Waals surface area contributed by atoms with Crippen molar-refractivity contribution in [1.82, 2.24) is 0 Å². The van der Waals surface area contributed by atoms with Crippen molar-refractivity contribution >= 4 is 5.69 Å². The first-order valence-corrected chi connectivity index (χ1v) is 6.97. The molecule has 0 radical (unpaired) electrons. The average Bonchev–Trinajstić information content (AvgIpc) is 2.91. The fourth-order valence-corrected chi connectivity index (χ4v) is 3.65. The molecular weight excluding hydrogens is 245 g/mol. The fourth-order valence-electron chi connectivity index (χ4n) is 3.65. The van der Waals surface area contributed by atoms with Crippen LogP contribution in [0, 0.1) is 17.7 Å². The van der Waals surface area contributed by atoms with Gasteiger partial charge in [0.2, 0.25) is 0 Å². The van der Waals surface area contributed by atoms with Crippen molar-refractivity contribution in [3.8, 4) is 0 Å². The zero-order valence-corrected chi connectivity index (χ0v) is 11.1. The molecule has 19 heavy (non-hydrogen) atoms. The Kier molecular flexibility index (Phi) is 3.23. The summed E-state index contributed by atoms with van der Waals surface area (Å²) in [5.41, 5.74) is 1.15. The number of hydrogen-bond donors (Lipinski definition) is 2. The van der Waals surface area contributed by atoms with Crippen LogP contribution in [0.5, 0.6) is 0 Å². The van der Waals surface area contributed by atoms with Crippen LogP contribution in [0.3, 0.4) is 0 Å². The molecular formula is C15H20FNO2. The Labute approximate surface area is 112 Å². The molecule has 0 bridgehead atoms. The highest BCUT2D eigenvalue weighted by molar-refractivity contribution is 5.56. The van der Waals surface area contributed by atoms with Gasteiger partial charge in [-0.3, -0.25) is 0 Å². The third kappa shape index (κ3) is 2.13. The maximum atomic E-state index is 13.9. The molecule has 1 saturated heterocycles. The predicted octanol–water partition coefficient (Wildman–Crippen LogP) is 2.09. The Morgan fingerprint density at radius 3 is 2.79 bits per heavy atom. The van der Waals surface area contributed by atoms with E-state index in [1.54, 1.807) is 13.0 Å². The van der Waals surface area contributed by atoms with Crippen molar-refractivity contribution in [3.63, 3.8) is 0 Å². The summed E-state index contributed by atoms with van der Waals surface area (Å²) >= 11 is 0. The normalized spacial score (nSPS) is 31.6. The van der Waals surface area contributed by atoms with Gasteiger partial charge in [-0.1, -0.05) is 6.07 Å². The summed E-state index contributed by atoms with van der Waals surface area (Å²) in [4.78, 5) is 2.11. The lowest BCUT2D eigenvalue weighted by atomic mass is 10.00. The number of hydrogen-bond acceptors (Lipinski definition) is 3. The van der Waals surface area contributed by atoms with Gasteiger partial charge in [-0.25, -0.2) is 4.39 Å². The maximum absolute atomic E-state index is 13.9. The van der Waals surface area contributed by atoms with Crippen LogP contribution in [-0.4, -0.2) is 29.4 Å². The first kappa shape index (κ1) is 12.9. The van der Waals surface area contributed by atoms with E-state index in [0.717, 1.165) is 31.6 Å². The quantitative estimate of drug-likeness (QED) is 0.860. The van der Waals surface area contributed by atoms with Crippen LogP contribution in [0.25, 0.3) is 0 Å². The van der Waals surface area contributed by atoms with Crippen LogP contribution >= 0.6 is 0 Å². The number of rotatable bonds is 2. The monoisotopic (exact) mass is 265 g/mol. The van der Waals surface area contributed by atoms with Gasteiger partial charge >= 0.3 is 0 Å². The minimum absolute atomic E-state index is 0.224. The van der Waals surface area contributed by atoms with Gasteiger partial charge in [-0.05, 0) is 37.8 Å². The van der Waals surface area contributed by atoms with E-state index in [1.807, 2.05) is 6.07 Å². The lowest BCUT2D eigenvalue weighted by Gasteiger charge is -2.25. The number of anilines is 1. The van der Waals surface area contributed by atoms with E-state index in [0.29, 0.717) is 17.4 Å². The van der Waals surface area contributed by atoms with Gasteiger partial charge in [0.15, 0.2) is 0 Å². The molecule has 3 rings (SSSR count). The van der Waals surface area contributed by atoms with Crippen LogP contribution in [-0.2, 0) is 0 Å². The lowest BCUT2D eigenvalue weighted by molar-refractivity contribution is 0.133. The van der Waals surface area contributed by atoms with E-state index in [-0.39, 0.29) is 11.9 Å². The molecule has 2 N–H and O–H groups in total.